The van der Waals surface area contributed by atoms with Crippen LogP contribution in [0, 0.1) is 13.8 Å². The molecular weight excluding hydrogens is 358 g/mol. The highest BCUT2D eigenvalue weighted by molar-refractivity contribution is 6.04. The van der Waals surface area contributed by atoms with Crippen LogP contribution in [0.3, 0.4) is 0 Å². The largest absolute Gasteiger partial charge is 0.489 e. The van der Waals surface area contributed by atoms with Gasteiger partial charge in [0, 0.05) is 18.3 Å². The van der Waals surface area contributed by atoms with Gasteiger partial charge in [0.05, 0.1) is 5.56 Å². The standard InChI is InChI=1S/C21H21N3O4/c1-13-4-10-18(11-5-13)27-12-19-14(2)28-24-20(19)21(26)23-17-8-6-16(7-9-17)22-15(3)25/h4-11H,12H2,1-3H3,(H,22,25)(H,23,26). The summed E-state index contributed by atoms with van der Waals surface area (Å²) in [5.74, 6) is 0.670. The Morgan fingerprint density at radius 3 is 2.18 bits per heavy atom. The van der Waals surface area contributed by atoms with Crippen molar-refractivity contribution in [2.45, 2.75) is 27.4 Å². The molecule has 2 aromatic carbocycles. The second kappa shape index (κ2) is 8.39. The van der Waals surface area contributed by atoms with Crippen LogP contribution in [0.2, 0.25) is 0 Å². The molecule has 2 amide bonds. The van der Waals surface area contributed by atoms with Crippen LogP contribution in [0.4, 0.5) is 11.4 Å². The molecule has 3 rings (SSSR count). The van der Waals surface area contributed by atoms with Crippen LogP contribution in [0.5, 0.6) is 5.75 Å². The third kappa shape index (κ3) is 4.76. The third-order valence-electron chi connectivity index (χ3n) is 4.07. The van der Waals surface area contributed by atoms with E-state index >= 15 is 0 Å². The van der Waals surface area contributed by atoms with Gasteiger partial charge in [-0.15, -0.1) is 0 Å². The van der Waals surface area contributed by atoms with Crippen LogP contribution in [0.15, 0.2) is 53.1 Å². The van der Waals surface area contributed by atoms with Gasteiger partial charge in [-0.1, -0.05) is 22.9 Å². The van der Waals surface area contributed by atoms with Gasteiger partial charge in [-0.2, -0.15) is 0 Å². The van der Waals surface area contributed by atoms with Gasteiger partial charge in [0.25, 0.3) is 5.91 Å². The molecule has 2 N–H and O–H groups in total. The fraction of sp³-hybridized carbons (Fsp3) is 0.190. The summed E-state index contributed by atoms with van der Waals surface area (Å²) >= 11 is 0. The Morgan fingerprint density at radius 1 is 0.964 bits per heavy atom. The average Bonchev–Trinajstić information content (AvgIpc) is 3.03. The van der Waals surface area contributed by atoms with Gasteiger partial charge in [0.1, 0.15) is 18.1 Å². The van der Waals surface area contributed by atoms with E-state index in [-0.39, 0.29) is 18.2 Å². The number of benzene rings is 2. The summed E-state index contributed by atoms with van der Waals surface area (Å²) in [7, 11) is 0. The quantitative estimate of drug-likeness (QED) is 0.673. The maximum atomic E-state index is 12.6. The zero-order valence-corrected chi connectivity index (χ0v) is 15.9. The topological polar surface area (TPSA) is 93.5 Å². The molecule has 7 nitrogen and oxygen atoms in total. The molecule has 0 aliphatic carbocycles. The molecule has 1 heterocycles. The minimum absolute atomic E-state index is 0.159. The van der Waals surface area contributed by atoms with Crippen molar-refractivity contribution in [1.82, 2.24) is 5.16 Å². The van der Waals surface area contributed by atoms with Gasteiger partial charge < -0.3 is 19.9 Å². The lowest BCUT2D eigenvalue weighted by Gasteiger charge is -2.08. The summed E-state index contributed by atoms with van der Waals surface area (Å²) in [6.45, 7) is 5.34. The number of carbonyl (C=O) groups is 2. The number of hydrogen-bond acceptors (Lipinski definition) is 5. The highest BCUT2D eigenvalue weighted by atomic mass is 16.5. The molecule has 144 valence electrons. The van der Waals surface area contributed by atoms with E-state index in [9.17, 15) is 9.59 Å². The van der Waals surface area contributed by atoms with Crippen molar-refractivity contribution >= 4 is 23.2 Å². The molecule has 0 spiro atoms. The monoisotopic (exact) mass is 379 g/mol. The number of hydrogen-bond donors (Lipinski definition) is 2. The Bertz CT molecular complexity index is 976. The predicted octanol–water partition coefficient (Wildman–Crippen LogP) is 4.08. The summed E-state index contributed by atoms with van der Waals surface area (Å²) < 4.78 is 10.9. The Kier molecular flexibility index (Phi) is 5.74. The smallest absolute Gasteiger partial charge is 0.278 e. The molecule has 0 aliphatic rings. The average molecular weight is 379 g/mol. The number of nitrogens with one attached hydrogen (secondary N) is 2. The molecule has 0 saturated carbocycles. The Labute approximate surface area is 162 Å². The molecule has 0 unspecified atom stereocenters. The Hall–Kier alpha value is -3.61. The maximum Gasteiger partial charge on any atom is 0.278 e. The second-order valence-corrected chi connectivity index (χ2v) is 6.38. The molecule has 0 radical (unpaired) electrons. The third-order valence-corrected chi connectivity index (χ3v) is 4.07. The van der Waals surface area contributed by atoms with Crippen molar-refractivity contribution in [3.63, 3.8) is 0 Å². The number of nitrogens with zero attached hydrogens (tertiary/aromatic N) is 1. The SMILES string of the molecule is CC(=O)Nc1ccc(NC(=O)c2noc(C)c2COc2ccc(C)cc2)cc1. The van der Waals surface area contributed by atoms with Crippen molar-refractivity contribution in [2.75, 3.05) is 10.6 Å². The van der Waals surface area contributed by atoms with Crippen molar-refractivity contribution in [3.05, 3.63) is 71.1 Å². The van der Waals surface area contributed by atoms with Crippen LogP contribution in [-0.4, -0.2) is 17.0 Å². The number of carbonyl (C=O) groups excluding carboxylic acids is 2. The molecule has 0 saturated heterocycles. The molecule has 3 aromatic rings. The summed E-state index contributed by atoms with van der Waals surface area (Å²) in [4.78, 5) is 23.7. The minimum atomic E-state index is -0.397. The first kappa shape index (κ1) is 19.2. The highest BCUT2D eigenvalue weighted by Gasteiger charge is 2.20. The van der Waals surface area contributed by atoms with Gasteiger partial charge in [-0.3, -0.25) is 9.59 Å². The summed E-state index contributed by atoms with van der Waals surface area (Å²) in [5, 5.41) is 9.31. The van der Waals surface area contributed by atoms with Crippen molar-refractivity contribution in [1.29, 1.82) is 0 Å². The molecule has 28 heavy (non-hydrogen) atoms. The van der Waals surface area contributed by atoms with Gasteiger partial charge >= 0.3 is 0 Å². The van der Waals surface area contributed by atoms with E-state index in [0.717, 1.165) is 5.56 Å². The predicted molar refractivity (Wildman–Crippen MR) is 105 cm³/mol. The number of amides is 2. The summed E-state index contributed by atoms with van der Waals surface area (Å²) in [6.07, 6.45) is 0. The molecule has 0 aliphatic heterocycles. The van der Waals surface area contributed by atoms with E-state index in [1.807, 2.05) is 31.2 Å². The van der Waals surface area contributed by atoms with E-state index in [0.29, 0.717) is 28.4 Å². The fourth-order valence-electron chi connectivity index (χ4n) is 2.56. The maximum absolute atomic E-state index is 12.6. The lowest BCUT2D eigenvalue weighted by atomic mass is 10.2. The molecular formula is C21H21N3O4. The lowest BCUT2D eigenvalue weighted by Crippen LogP contribution is -2.15. The minimum Gasteiger partial charge on any atom is -0.489 e. The molecule has 7 heteroatoms. The van der Waals surface area contributed by atoms with E-state index in [2.05, 4.69) is 15.8 Å². The summed E-state index contributed by atoms with van der Waals surface area (Å²) in [6, 6.07) is 14.4. The second-order valence-electron chi connectivity index (χ2n) is 6.38. The number of aryl methyl sites for hydroxylation is 2. The van der Waals surface area contributed by atoms with E-state index in [1.165, 1.54) is 6.92 Å². The first-order chi connectivity index (χ1) is 13.4. The molecule has 0 fully saturated rings. The Morgan fingerprint density at radius 2 is 1.57 bits per heavy atom. The van der Waals surface area contributed by atoms with Crippen LogP contribution < -0.4 is 15.4 Å². The lowest BCUT2D eigenvalue weighted by molar-refractivity contribution is -0.114. The van der Waals surface area contributed by atoms with Crippen LogP contribution in [0.25, 0.3) is 0 Å². The van der Waals surface area contributed by atoms with Crippen LogP contribution >= 0.6 is 0 Å². The summed E-state index contributed by atoms with van der Waals surface area (Å²) in [5.41, 5.74) is 3.13. The van der Waals surface area contributed by atoms with Gasteiger partial charge in [0.15, 0.2) is 5.69 Å². The van der Waals surface area contributed by atoms with Gasteiger partial charge in [0.2, 0.25) is 5.91 Å². The van der Waals surface area contributed by atoms with Crippen molar-refractivity contribution in [3.8, 4) is 5.75 Å². The van der Waals surface area contributed by atoms with E-state index in [4.69, 9.17) is 9.26 Å². The van der Waals surface area contributed by atoms with E-state index in [1.54, 1.807) is 31.2 Å². The first-order valence-corrected chi connectivity index (χ1v) is 8.76. The van der Waals surface area contributed by atoms with Crippen molar-refractivity contribution in [2.24, 2.45) is 0 Å². The van der Waals surface area contributed by atoms with Crippen LogP contribution in [0.1, 0.15) is 34.3 Å². The first-order valence-electron chi connectivity index (χ1n) is 8.76. The number of anilines is 2. The van der Waals surface area contributed by atoms with Crippen molar-refractivity contribution < 1.29 is 18.8 Å². The van der Waals surface area contributed by atoms with Gasteiger partial charge in [-0.25, -0.2) is 0 Å². The molecule has 1 aromatic heterocycles. The van der Waals surface area contributed by atoms with E-state index < -0.39 is 5.91 Å². The normalized spacial score (nSPS) is 10.4. The number of ether oxygens (including phenoxy) is 1. The number of aromatic nitrogens is 1. The molecule has 0 bridgehead atoms. The van der Waals surface area contributed by atoms with Gasteiger partial charge in [-0.05, 0) is 50.2 Å². The number of rotatable bonds is 6. The highest BCUT2D eigenvalue weighted by Crippen LogP contribution is 2.20. The zero-order valence-electron chi connectivity index (χ0n) is 15.9. The zero-order chi connectivity index (χ0) is 20.1. The Balaban J connectivity index is 1.68. The molecule has 0 atom stereocenters. The van der Waals surface area contributed by atoms with Crippen LogP contribution in [-0.2, 0) is 11.4 Å². The fourth-order valence-corrected chi connectivity index (χ4v) is 2.56.